The lowest BCUT2D eigenvalue weighted by Gasteiger charge is -2.15. The van der Waals surface area contributed by atoms with Gasteiger partial charge in [-0.05, 0) is 31.3 Å². The molecule has 0 aliphatic carbocycles. The largest absolute Gasteiger partial charge is 0.298 e. The lowest BCUT2D eigenvalue weighted by molar-refractivity contribution is 0.319. The minimum Gasteiger partial charge on any atom is -0.298 e. The maximum Gasteiger partial charge on any atom is 0.123 e. The van der Waals surface area contributed by atoms with Crippen LogP contribution in [0.25, 0.3) is 11.3 Å². The molecule has 1 aromatic carbocycles. The van der Waals surface area contributed by atoms with Crippen LogP contribution in [0.4, 0.5) is 4.39 Å². The molecule has 5 nitrogen and oxygen atoms in total. The Morgan fingerprint density at radius 3 is 2.79 bits per heavy atom. The van der Waals surface area contributed by atoms with Gasteiger partial charge in [0, 0.05) is 36.0 Å². The van der Waals surface area contributed by atoms with E-state index < -0.39 is 0 Å². The van der Waals surface area contributed by atoms with Crippen molar-refractivity contribution in [2.75, 3.05) is 7.05 Å². The van der Waals surface area contributed by atoms with Crippen molar-refractivity contribution >= 4 is 0 Å². The number of nitrogens with zero attached hydrogens (tertiary/aromatic N) is 4. The smallest absolute Gasteiger partial charge is 0.123 e. The number of benzene rings is 1. The van der Waals surface area contributed by atoms with E-state index in [1.165, 1.54) is 12.1 Å². The summed E-state index contributed by atoms with van der Waals surface area (Å²) in [5.74, 6) is 2.32. The first-order valence-electron chi connectivity index (χ1n) is 7.57. The summed E-state index contributed by atoms with van der Waals surface area (Å²) in [5.41, 5.74) is 3.98. The standard InChI is InChI=1S/C18H18FN5/c1-3-8-24-12-14(9-21-24)11-23(2)13-16-10-20-22-18(16)15-4-6-17(19)7-5-15/h1,4-7,9-10,12H,8,11,13H2,2H3,(H,20,22). The number of rotatable bonds is 6. The van der Waals surface area contributed by atoms with E-state index >= 15 is 0 Å². The summed E-state index contributed by atoms with van der Waals surface area (Å²) in [7, 11) is 2.03. The van der Waals surface area contributed by atoms with E-state index in [-0.39, 0.29) is 5.82 Å². The number of halogens is 1. The number of hydrogen-bond acceptors (Lipinski definition) is 3. The second-order valence-electron chi connectivity index (χ2n) is 5.70. The fourth-order valence-corrected chi connectivity index (χ4v) is 2.62. The molecule has 0 bridgehead atoms. The third kappa shape index (κ3) is 3.70. The van der Waals surface area contributed by atoms with E-state index in [1.54, 1.807) is 23.0 Å². The molecule has 6 heteroatoms. The predicted molar refractivity (Wildman–Crippen MR) is 90.2 cm³/mol. The Bertz CT molecular complexity index is 841. The van der Waals surface area contributed by atoms with Crippen LogP contribution in [0.15, 0.2) is 42.9 Å². The average Bonchev–Trinajstić information content (AvgIpc) is 3.18. The van der Waals surface area contributed by atoms with Crippen molar-refractivity contribution in [2.45, 2.75) is 19.6 Å². The molecule has 0 unspecified atom stereocenters. The third-order valence-electron chi connectivity index (χ3n) is 3.68. The van der Waals surface area contributed by atoms with Crippen LogP contribution in [0.1, 0.15) is 11.1 Å². The Hall–Kier alpha value is -2.91. The molecular formula is C18H18FN5. The normalized spacial score (nSPS) is 10.9. The lowest BCUT2D eigenvalue weighted by atomic mass is 10.1. The highest BCUT2D eigenvalue weighted by atomic mass is 19.1. The van der Waals surface area contributed by atoms with Gasteiger partial charge >= 0.3 is 0 Å². The molecule has 0 aliphatic rings. The highest BCUT2D eigenvalue weighted by Gasteiger charge is 2.11. The van der Waals surface area contributed by atoms with Crippen LogP contribution < -0.4 is 0 Å². The number of aromatic amines is 1. The molecule has 0 amide bonds. The van der Waals surface area contributed by atoms with E-state index in [1.807, 2.05) is 19.4 Å². The van der Waals surface area contributed by atoms with Crippen molar-refractivity contribution in [1.82, 2.24) is 24.9 Å². The van der Waals surface area contributed by atoms with E-state index in [0.29, 0.717) is 13.1 Å². The van der Waals surface area contributed by atoms with Crippen molar-refractivity contribution in [3.05, 3.63) is 59.8 Å². The summed E-state index contributed by atoms with van der Waals surface area (Å²) in [6.45, 7) is 1.93. The number of nitrogens with one attached hydrogen (secondary N) is 1. The van der Waals surface area contributed by atoms with Crippen LogP contribution in [-0.4, -0.2) is 31.9 Å². The summed E-state index contributed by atoms with van der Waals surface area (Å²) in [6, 6.07) is 6.39. The monoisotopic (exact) mass is 323 g/mol. The Morgan fingerprint density at radius 1 is 1.25 bits per heavy atom. The van der Waals surface area contributed by atoms with Gasteiger partial charge in [-0.25, -0.2) is 4.39 Å². The van der Waals surface area contributed by atoms with Crippen LogP contribution in [0, 0.1) is 18.2 Å². The van der Waals surface area contributed by atoms with Crippen molar-refractivity contribution < 1.29 is 4.39 Å². The highest BCUT2D eigenvalue weighted by Crippen LogP contribution is 2.22. The molecule has 3 rings (SSSR count). The molecule has 24 heavy (non-hydrogen) atoms. The van der Waals surface area contributed by atoms with Gasteiger partial charge in [-0.15, -0.1) is 6.42 Å². The molecule has 0 atom stereocenters. The van der Waals surface area contributed by atoms with Crippen molar-refractivity contribution in [3.63, 3.8) is 0 Å². The number of terminal acetylenes is 1. The van der Waals surface area contributed by atoms with E-state index in [4.69, 9.17) is 6.42 Å². The fourth-order valence-electron chi connectivity index (χ4n) is 2.62. The second kappa shape index (κ2) is 7.11. The van der Waals surface area contributed by atoms with Crippen LogP contribution in [-0.2, 0) is 19.6 Å². The zero-order chi connectivity index (χ0) is 16.9. The molecule has 122 valence electrons. The van der Waals surface area contributed by atoms with Gasteiger partial charge in [0.15, 0.2) is 0 Å². The minimum absolute atomic E-state index is 0.249. The minimum atomic E-state index is -0.249. The van der Waals surface area contributed by atoms with Gasteiger partial charge in [-0.1, -0.05) is 5.92 Å². The first-order chi connectivity index (χ1) is 11.7. The van der Waals surface area contributed by atoms with Crippen LogP contribution >= 0.6 is 0 Å². The Morgan fingerprint density at radius 2 is 2.04 bits per heavy atom. The SMILES string of the molecule is C#CCn1cc(CN(C)Cc2cn[nH]c2-c2ccc(F)cc2)cn1. The Labute approximate surface area is 140 Å². The van der Waals surface area contributed by atoms with Crippen molar-refractivity contribution in [3.8, 4) is 23.6 Å². The van der Waals surface area contributed by atoms with Gasteiger partial charge in [0.1, 0.15) is 12.4 Å². The molecule has 0 saturated carbocycles. The molecule has 0 fully saturated rings. The van der Waals surface area contributed by atoms with Crippen LogP contribution in [0.2, 0.25) is 0 Å². The molecular weight excluding hydrogens is 305 g/mol. The number of hydrogen-bond donors (Lipinski definition) is 1. The van der Waals surface area contributed by atoms with E-state index in [2.05, 4.69) is 26.1 Å². The van der Waals surface area contributed by atoms with Gasteiger partial charge in [-0.2, -0.15) is 10.2 Å². The van der Waals surface area contributed by atoms with Crippen molar-refractivity contribution in [2.24, 2.45) is 0 Å². The molecule has 1 N–H and O–H groups in total. The zero-order valence-electron chi connectivity index (χ0n) is 13.4. The van der Waals surface area contributed by atoms with E-state index in [0.717, 1.165) is 28.9 Å². The number of aromatic nitrogens is 4. The fraction of sp³-hybridized carbons (Fsp3) is 0.222. The summed E-state index contributed by atoms with van der Waals surface area (Å²) in [6.07, 6.45) is 10.9. The summed E-state index contributed by atoms with van der Waals surface area (Å²) in [4.78, 5) is 2.16. The Balaban J connectivity index is 1.68. The first kappa shape index (κ1) is 16.0. The lowest BCUT2D eigenvalue weighted by Crippen LogP contribution is -2.17. The quantitative estimate of drug-likeness (QED) is 0.710. The van der Waals surface area contributed by atoms with Gasteiger partial charge in [0.2, 0.25) is 0 Å². The van der Waals surface area contributed by atoms with Crippen LogP contribution in [0.3, 0.4) is 0 Å². The van der Waals surface area contributed by atoms with Gasteiger partial charge in [0.25, 0.3) is 0 Å². The average molecular weight is 323 g/mol. The van der Waals surface area contributed by atoms with Gasteiger partial charge in [-0.3, -0.25) is 14.7 Å². The van der Waals surface area contributed by atoms with E-state index in [9.17, 15) is 4.39 Å². The Kier molecular flexibility index (Phi) is 4.73. The topological polar surface area (TPSA) is 49.7 Å². The molecule has 2 heterocycles. The molecule has 3 aromatic rings. The summed E-state index contributed by atoms with van der Waals surface area (Å²) >= 11 is 0. The zero-order valence-corrected chi connectivity index (χ0v) is 13.4. The third-order valence-corrected chi connectivity index (χ3v) is 3.68. The van der Waals surface area contributed by atoms with Gasteiger partial charge in [0.05, 0.1) is 18.1 Å². The first-order valence-corrected chi connectivity index (χ1v) is 7.57. The molecule has 0 radical (unpaired) electrons. The van der Waals surface area contributed by atoms with Crippen LogP contribution in [0.5, 0.6) is 0 Å². The summed E-state index contributed by atoms with van der Waals surface area (Å²) < 4.78 is 14.8. The predicted octanol–water partition coefficient (Wildman–Crippen LogP) is 2.68. The molecule has 2 aromatic heterocycles. The number of H-pyrrole nitrogens is 1. The highest BCUT2D eigenvalue weighted by molar-refractivity contribution is 5.62. The van der Waals surface area contributed by atoms with Gasteiger partial charge < -0.3 is 0 Å². The maximum absolute atomic E-state index is 13.1. The summed E-state index contributed by atoms with van der Waals surface area (Å²) in [5, 5.41) is 11.3. The molecule has 0 saturated heterocycles. The molecule has 0 spiro atoms. The maximum atomic E-state index is 13.1. The van der Waals surface area contributed by atoms with Crippen molar-refractivity contribution in [1.29, 1.82) is 0 Å². The molecule has 0 aliphatic heterocycles. The second-order valence-corrected chi connectivity index (χ2v) is 5.70.